The highest BCUT2D eigenvalue weighted by atomic mass is 16.7. The van der Waals surface area contributed by atoms with E-state index in [1.807, 2.05) is 12.3 Å². The van der Waals surface area contributed by atoms with Crippen molar-refractivity contribution < 1.29 is 14.0 Å². The second-order valence-corrected chi connectivity index (χ2v) is 8.77. The molecule has 0 N–H and O–H groups in total. The van der Waals surface area contributed by atoms with E-state index in [0.717, 1.165) is 30.5 Å². The number of aromatic nitrogens is 2. The number of nitrogens with zero attached hydrogens (tertiary/aromatic N) is 2. The van der Waals surface area contributed by atoms with Crippen molar-refractivity contribution in [1.82, 2.24) is 9.78 Å². The molecule has 3 rings (SSSR count). The predicted octanol–water partition coefficient (Wildman–Crippen LogP) is 3.40. The molecule has 0 unspecified atom stereocenters. The van der Waals surface area contributed by atoms with E-state index in [1.54, 1.807) is 0 Å². The van der Waals surface area contributed by atoms with E-state index in [1.165, 1.54) is 19.3 Å². The van der Waals surface area contributed by atoms with Gasteiger partial charge in [0.15, 0.2) is 0 Å². The van der Waals surface area contributed by atoms with Gasteiger partial charge in [-0.3, -0.25) is 4.68 Å². The van der Waals surface area contributed by atoms with Crippen molar-refractivity contribution in [3.05, 3.63) is 24.5 Å². The van der Waals surface area contributed by atoms with Crippen molar-refractivity contribution in [2.45, 2.75) is 90.1 Å². The lowest BCUT2D eigenvalue weighted by atomic mass is 9.79. The monoisotopic (exact) mass is 360 g/mol. The minimum Gasteiger partial charge on any atom is -0.399 e. The average Bonchev–Trinajstić information content (AvgIpc) is 3.03. The topological polar surface area (TPSA) is 45.5 Å². The zero-order valence-electron chi connectivity index (χ0n) is 17.0. The summed E-state index contributed by atoms with van der Waals surface area (Å²) in [6, 6.07) is 0. The maximum atomic E-state index is 6.24. The molecule has 0 atom stereocenters. The second kappa shape index (κ2) is 7.14. The summed E-state index contributed by atoms with van der Waals surface area (Å²) in [5.41, 5.74) is 1.28. The van der Waals surface area contributed by atoms with Crippen LogP contribution in [0, 0.1) is 6.92 Å². The fourth-order valence-corrected chi connectivity index (χ4v) is 3.87. The summed E-state index contributed by atoms with van der Waals surface area (Å²) in [5, 5.41) is 4.65. The minimum atomic E-state index is -0.370. The summed E-state index contributed by atoms with van der Waals surface area (Å²) in [7, 11) is -0.370. The van der Waals surface area contributed by atoms with Gasteiger partial charge in [-0.15, -0.1) is 6.58 Å². The number of hydrogen-bond donors (Lipinski definition) is 0. The van der Waals surface area contributed by atoms with Crippen LogP contribution in [0.5, 0.6) is 0 Å². The normalized spacial score (nSPS) is 24.0. The first-order chi connectivity index (χ1) is 12.2. The summed E-state index contributed by atoms with van der Waals surface area (Å²) in [4.78, 5) is 0. The third kappa shape index (κ3) is 3.64. The molecule has 6 heteroatoms. The van der Waals surface area contributed by atoms with Gasteiger partial charge in [0.05, 0.1) is 30.0 Å². The molecule has 0 spiro atoms. The summed E-state index contributed by atoms with van der Waals surface area (Å²) < 4.78 is 20.7. The van der Waals surface area contributed by atoms with Crippen molar-refractivity contribution in [2.75, 3.05) is 6.61 Å². The Morgan fingerprint density at radius 3 is 2.38 bits per heavy atom. The summed E-state index contributed by atoms with van der Waals surface area (Å²) in [6.45, 7) is 15.6. The van der Waals surface area contributed by atoms with Gasteiger partial charge in [-0.2, -0.15) is 5.10 Å². The molecule has 0 bridgehead atoms. The molecular weight excluding hydrogens is 327 g/mol. The molecule has 144 valence electrons. The van der Waals surface area contributed by atoms with Crippen LogP contribution < -0.4 is 5.46 Å². The van der Waals surface area contributed by atoms with E-state index in [-0.39, 0.29) is 23.9 Å². The molecular formula is C20H33BN2O3. The van der Waals surface area contributed by atoms with Gasteiger partial charge in [0, 0.05) is 17.4 Å². The Morgan fingerprint density at radius 1 is 1.19 bits per heavy atom. The Balaban J connectivity index is 1.79. The third-order valence-electron chi connectivity index (χ3n) is 6.36. The molecule has 0 amide bonds. The number of ether oxygens (including phenoxy) is 1. The molecule has 26 heavy (non-hydrogen) atoms. The van der Waals surface area contributed by atoms with Crippen LogP contribution in [0.25, 0.3) is 0 Å². The third-order valence-corrected chi connectivity index (χ3v) is 6.36. The van der Waals surface area contributed by atoms with Gasteiger partial charge in [-0.1, -0.05) is 25.3 Å². The van der Waals surface area contributed by atoms with E-state index >= 15 is 0 Å². The first-order valence-electron chi connectivity index (χ1n) is 9.82. The number of hydrogen-bond acceptors (Lipinski definition) is 4. The van der Waals surface area contributed by atoms with Crippen LogP contribution in [0.15, 0.2) is 18.9 Å². The van der Waals surface area contributed by atoms with E-state index in [4.69, 9.17) is 14.0 Å². The Kier molecular flexibility index (Phi) is 5.39. The lowest BCUT2D eigenvalue weighted by molar-refractivity contribution is -0.0715. The molecule has 1 saturated carbocycles. The fraction of sp³-hybridized carbons (Fsp3) is 0.750. The average molecular weight is 360 g/mol. The van der Waals surface area contributed by atoms with Gasteiger partial charge in [0.25, 0.3) is 0 Å². The largest absolute Gasteiger partial charge is 0.498 e. The Hall–Kier alpha value is -1.11. The van der Waals surface area contributed by atoms with Crippen LogP contribution in [0.3, 0.4) is 0 Å². The second-order valence-electron chi connectivity index (χ2n) is 8.77. The molecule has 0 radical (unpaired) electrons. The van der Waals surface area contributed by atoms with Gasteiger partial charge in [-0.25, -0.2) is 0 Å². The smallest absolute Gasteiger partial charge is 0.399 e. The van der Waals surface area contributed by atoms with E-state index in [0.29, 0.717) is 6.61 Å². The molecule has 2 heterocycles. The standard InChI is InChI=1S/C20H33BN2O3/c1-7-13-24-20(11-9-8-10-12-20)15-23-16(2)17(14-22-23)21-25-18(3,4)19(5,6)26-21/h7,14H,1,8-13,15H2,2-6H3. The predicted molar refractivity (Wildman–Crippen MR) is 105 cm³/mol. The maximum absolute atomic E-state index is 6.24. The van der Waals surface area contributed by atoms with Crippen LogP contribution in [0.1, 0.15) is 65.5 Å². The summed E-state index contributed by atoms with van der Waals surface area (Å²) in [5.74, 6) is 0. The minimum absolute atomic E-state index is 0.142. The molecule has 2 aliphatic rings. The van der Waals surface area contributed by atoms with Gasteiger partial charge in [0.1, 0.15) is 0 Å². The Labute approximate surface area is 158 Å². The van der Waals surface area contributed by atoms with Crippen molar-refractivity contribution in [3.8, 4) is 0 Å². The van der Waals surface area contributed by atoms with Crippen LogP contribution in [-0.4, -0.2) is 40.3 Å². The number of rotatable bonds is 6. The van der Waals surface area contributed by atoms with Crippen LogP contribution in [0.4, 0.5) is 0 Å². The van der Waals surface area contributed by atoms with E-state index in [9.17, 15) is 0 Å². The highest BCUT2D eigenvalue weighted by Crippen LogP contribution is 2.37. The fourth-order valence-electron chi connectivity index (χ4n) is 3.87. The highest BCUT2D eigenvalue weighted by molar-refractivity contribution is 6.62. The molecule has 5 nitrogen and oxygen atoms in total. The SMILES string of the molecule is C=CCOC1(Cn2ncc(B3OC(C)(C)C(C)(C)O3)c2C)CCCCC1. The van der Waals surface area contributed by atoms with Crippen molar-refractivity contribution in [3.63, 3.8) is 0 Å². The highest BCUT2D eigenvalue weighted by Gasteiger charge is 2.52. The maximum Gasteiger partial charge on any atom is 0.498 e. The molecule has 1 aromatic heterocycles. The van der Waals surface area contributed by atoms with Gasteiger partial charge >= 0.3 is 7.12 Å². The van der Waals surface area contributed by atoms with E-state index in [2.05, 4.69) is 51.0 Å². The van der Waals surface area contributed by atoms with Crippen molar-refractivity contribution in [2.24, 2.45) is 0 Å². The molecule has 0 aromatic carbocycles. The Bertz CT molecular complexity index is 631. The van der Waals surface area contributed by atoms with Crippen LogP contribution in [-0.2, 0) is 20.6 Å². The lowest BCUT2D eigenvalue weighted by Crippen LogP contribution is -2.41. The lowest BCUT2D eigenvalue weighted by Gasteiger charge is -2.37. The molecule has 1 saturated heterocycles. The van der Waals surface area contributed by atoms with Gasteiger partial charge in [0.2, 0.25) is 0 Å². The van der Waals surface area contributed by atoms with Crippen LogP contribution >= 0.6 is 0 Å². The first-order valence-corrected chi connectivity index (χ1v) is 9.82. The summed E-state index contributed by atoms with van der Waals surface area (Å²) >= 11 is 0. The van der Waals surface area contributed by atoms with Crippen molar-refractivity contribution in [1.29, 1.82) is 0 Å². The molecule has 1 aliphatic heterocycles. The molecule has 1 aliphatic carbocycles. The first kappa shape index (κ1) is 19.7. The zero-order chi connectivity index (χ0) is 19.0. The van der Waals surface area contributed by atoms with Gasteiger partial charge < -0.3 is 14.0 Å². The Morgan fingerprint density at radius 2 is 1.81 bits per heavy atom. The summed E-state index contributed by atoms with van der Waals surface area (Å²) in [6.07, 6.45) is 9.58. The van der Waals surface area contributed by atoms with Crippen LogP contribution in [0.2, 0.25) is 0 Å². The zero-order valence-corrected chi connectivity index (χ0v) is 17.0. The van der Waals surface area contributed by atoms with Gasteiger partial charge in [-0.05, 0) is 47.5 Å². The quantitative estimate of drug-likeness (QED) is 0.576. The van der Waals surface area contributed by atoms with E-state index < -0.39 is 0 Å². The molecule has 2 fully saturated rings. The van der Waals surface area contributed by atoms with Crippen molar-refractivity contribution >= 4 is 12.6 Å². The molecule has 1 aromatic rings.